The van der Waals surface area contributed by atoms with E-state index in [9.17, 15) is 31.7 Å². The van der Waals surface area contributed by atoms with E-state index in [4.69, 9.17) is 4.74 Å². The number of hydrogen-bond donors (Lipinski definition) is 1. The van der Waals surface area contributed by atoms with E-state index in [0.29, 0.717) is 5.75 Å². The van der Waals surface area contributed by atoms with Crippen molar-refractivity contribution in [3.8, 4) is 5.75 Å². The molecule has 14 heteroatoms. The van der Waals surface area contributed by atoms with Crippen LogP contribution in [0, 0.1) is 10.1 Å². The molecule has 0 spiro atoms. The molecule has 0 saturated carbocycles. The Kier molecular flexibility index (Phi) is 8.58. The van der Waals surface area contributed by atoms with Crippen LogP contribution < -0.4 is 14.4 Å². The molecule has 1 atom stereocenters. The average molecular weight is 515 g/mol. The van der Waals surface area contributed by atoms with Crippen molar-refractivity contribution in [2.45, 2.75) is 17.9 Å². The smallest absolute Gasteiger partial charge is 0.271 e. The van der Waals surface area contributed by atoms with E-state index >= 15 is 0 Å². The van der Waals surface area contributed by atoms with Crippen LogP contribution in [0.2, 0.25) is 0 Å². The lowest BCUT2D eigenvalue weighted by Gasteiger charge is -2.28. The molecule has 0 aliphatic carbocycles. The maximum Gasteiger partial charge on any atom is 0.271 e. The number of nitro groups is 1. The first-order chi connectivity index (χ1) is 15.7. The highest BCUT2D eigenvalue weighted by Crippen LogP contribution is 2.25. The van der Waals surface area contributed by atoms with Crippen molar-refractivity contribution in [1.29, 1.82) is 0 Å². The van der Waals surface area contributed by atoms with Crippen LogP contribution in [-0.2, 0) is 24.8 Å². The van der Waals surface area contributed by atoms with Crippen molar-refractivity contribution < 1.29 is 31.3 Å². The van der Waals surface area contributed by atoms with E-state index in [1.54, 1.807) is 0 Å². The summed E-state index contributed by atoms with van der Waals surface area (Å²) in [5.41, 5.74) is -0.320. The lowest BCUT2D eigenvalue weighted by Crippen LogP contribution is -2.48. The van der Waals surface area contributed by atoms with Crippen molar-refractivity contribution in [3.63, 3.8) is 0 Å². The standard InChI is InChI=1S/C20H26N4O8S2/c1-15(23(33(4,28)29)16-6-5-7-17(14-16)24(26)27)20(25)21-12-13-32-18-8-10-19(11-9-18)34(30,31)22(2)3/h5-11,14-15H,12-13H2,1-4H3,(H,21,25). The highest BCUT2D eigenvalue weighted by Gasteiger charge is 2.30. The molecule has 0 saturated heterocycles. The van der Waals surface area contributed by atoms with Crippen molar-refractivity contribution in [2.75, 3.05) is 37.8 Å². The molecule has 2 rings (SSSR count). The first-order valence-electron chi connectivity index (χ1n) is 9.92. The normalized spacial score (nSPS) is 12.7. The molecule has 186 valence electrons. The SMILES string of the molecule is CC(C(=O)NCCOc1ccc(S(=O)(=O)N(C)C)cc1)N(c1cccc([N+](=O)[O-])c1)S(C)(=O)=O. The van der Waals surface area contributed by atoms with Crippen LogP contribution in [0.15, 0.2) is 53.4 Å². The molecule has 34 heavy (non-hydrogen) atoms. The number of nitrogens with zero attached hydrogens (tertiary/aromatic N) is 3. The molecule has 1 N–H and O–H groups in total. The lowest BCUT2D eigenvalue weighted by atomic mass is 10.2. The summed E-state index contributed by atoms with van der Waals surface area (Å²) < 4.78 is 56.2. The average Bonchev–Trinajstić information content (AvgIpc) is 2.76. The quantitative estimate of drug-likeness (QED) is 0.266. The predicted octanol–water partition coefficient (Wildman–Crippen LogP) is 1.19. The van der Waals surface area contributed by atoms with Crippen LogP contribution in [0.5, 0.6) is 5.75 Å². The Hall–Kier alpha value is -3.23. The Balaban J connectivity index is 2.00. The Labute approximate surface area is 198 Å². The topological polar surface area (TPSA) is 156 Å². The van der Waals surface area contributed by atoms with Gasteiger partial charge in [-0.25, -0.2) is 21.1 Å². The van der Waals surface area contributed by atoms with E-state index in [1.807, 2.05) is 0 Å². The van der Waals surface area contributed by atoms with Gasteiger partial charge < -0.3 is 10.1 Å². The maximum atomic E-state index is 12.6. The molecular weight excluding hydrogens is 488 g/mol. The Morgan fingerprint density at radius 2 is 1.74 bits per heavy atom. The van der Waals surface area contributed by atoms with Crippen LogP contribution in [0.25, 0.3) is 0 Å². The van der Waals surface area contributed by atoms with E-state index in [2.05, 4.69) is 5.32 Å². The first-order valence-corrected chi connectivity index (χ1v) is 13.2. The summed E-state index contributed by atoms with van der Waals surface area (Å²) in [6.45, 7) is 1.43. The Morgan fingerprint density at radius 1 is 1.12 bits per heavy atom. The largest absolute Gasteiger partial charge is 0.492 e. The lowest BCUT2D eigenvalue weighted by molar-refractivity contribution is -0.384. The van der Waals surface area contributed by atoms with Gasteiger partial charge in [0.05, 0.1) is 28.3 Å². The second-order valence-electron chi connectivity index (χ2n) is 7.41. The van der Waals surface area contributed by atoms with Crippen LogP contribution >= 0.6 is 0 Å². The number of sulfonamides is 2. The number of carbonyl (C=O) groups excluding carboxylic acids is 1. The zero-order chi connectivity index (χ0) is 25.7. The molecule has 0 fully saturated rings. The van der Waals surface area contributed by atoms with Gasteiger partial charge in [-0.1, -0.05) is 6.07 Å². The number of ether oxygens (including phenoxy) is 1. The summed E-state index contributed by atoms with van der Waals surface area (Å²) in [4.78, 5) is 23.1. The fourth-order valence-corrected chi connectivity index (χ4v) is 5.03. The predicted molar refractivity (Wildman–Crippen MR) is 126 cm³/mol. The van der Waals surface area contributed by atoms with Gasteiger partial charge in [-0.3, -0.25) is 19.2 Å². The van der Waals surface area contributed by atoms with E-state index in [0.717, 1.165) is 20.9 Å². The minimum atomic E-state index is -3.93. The minimum absolute atomic E-state index is 0.0108. The summed E-state index contributed by atoms with van der Waals surface area (Å²) in [5.74, 6) is -0.248. The highest BCUT2D eigenvalue weighted by molar-refractivity contribution is 7.92. The number of anilines is 1. The number of hydrogen-bond acceptors (Lipinski definition) is 8. The second-order valence-corrected chi connectivity index (χ2v) is 11.4. The summed E-state index contributed by atoms with van der Waals surface area (Å²) in [6, 6.07) is 9.56. The Bertz CT molecular complexity index is 1250. The summed E-state index contributed by atoms with van der Waals surface area (Å²) in [7, 11) is -4.65. The molecule has 1 amide bonds. The minimum Gasteiger partial charge on any atom is -0.492 e. The van der Waals surface area contributed by atoms with Crippen molar-refractivity contribution in [3.05, 3.63) is 58.6 Å². The van der Waals surface area contributed by atoms with Crippen molar-refractivity contribution >= 4 is 37.3 Å². The second kappa shape index (κ2) is 10.8. The van der Waals surface area contributed by atoms with Gasteiger partial charge in [-0.2, -0.15) is 0 Å². The van der Waals surface area contributed by atoms with Gasteiger partial charge in [-0.05, 0) is 37.3 Å². The summed E-state index contributed by atoms with van der Waals surface area (Å²) in [5, 5.41) is 13.6. The van der Waals surface area contributed by atoms with Crippen molar-refractivity contribution in [2.24, 2.45) is 0 Å². The Morgan fingerprint density at radius 3 is 2.26 bits per heavy atom. The third-order valence-corrected chi connectivity index (χ3v) is 7.73. The molecule has 2 aromatic carbocycles. The fourth-order valence-electron chi connectivity index (χ4n) is 2.96. The van der Waals surface area contributed by atoms with E-state index < -0.39 is 36.9 Å². The summed E-state index contributed by atoms with van der Waals surface area (Å²) >= 11 is 0. The number of nitrogens with one attached hydrogen (secondary N) is 1. The van der Waals surface area contributed by atoms with Gasteiger partial charge in [0, 0.05) is 26.2 Å². The van der Waals surface area contributed by atoms with Gasteiger partial charge in [0.2, 0.25) is 26.0 Å². The van der Waals surface area contributed by atoms with E-state index in [1.165, 1.54) is 63.5 Å². The number of rotatable bonds is 11. The molecule has 0 aliphatic heterocycles. The van der Waals surface area contributed by atoms with Gasteiger partial charge in [-0.15, -0.1) is 0 Å². The number of carbonyl (C=O) groups is 1. The maximum absolute atomic E-state index is 12.6. The first kappa shape index (κ1) is 27.0. The molecule has 0 bridgehead atoms. The number of benzene rings is 2. The van der Waals surface area contributed by atoms with Crippen molar-refractivity contribution in [1.82, 2.24) is 9.62 Å². The monoisotopic (exact) mass is 514 g/mol. The fraction of sp³-hybridized carbons (Fsp3) is 0.350. The molecule has 0 heterocycles. The van der Waals surface area contributed by atoms with E-state index in [-0.39, 0.29) is 29.4 Å². The highest BCUT2D eigenvalue weighted by atomic mass is 32.2. The zero-order valence-electron chi connectivity index (χ0n) is 19.0. The third-order valence-electron chi connectivity index (χ3n) is 4.66. The van der Waals surface area contributed by atoms with Gasteiger partial charge in [0.25, 0.3) is 5.69 Å². The van der Waals surface area contributed by atoms with Crippen LogP contribution in [0.3, 0.4) is 0 Å². The number of non-ortho nitro benzene ring substituents is 1. The number of amides is 1. The van der Waals surface area contributed by atoms with Crippen LogP contribution in [0.1, 0.15) is 6.92 Å². The molecule has 2 aromatic rings. The molecule has 0 aliphatic rings. The molecule has 1 unspecified atom stereocenters. The van der Waals surface area contributed by atoms with Crippen LogP contribution in [0.4, 0.5) is 11.4 Å². The molecular formula is C20H26N4O8S2. The molecule has 0 aromatic heterocycles. The summed E-state index contributed by atoms with van der Waals surface area (Å²) in [6.07, 6.45) is 0.902. The molecule has 0 radical (unpaired) electrons. The number of nitro benzene ring substituents is 1. The zero-order valence-corrected chi connectivity index (χ0v) is 20.7. The third kappa shape index (κ3) is 6.65. The van der Waals surface area contributed by atoms with Gasteiger partial charge >= 0.3 is 0 Å². The van der Waals surface area contributed by atoms with Gasteiger partial charge in [0.15, 0.2) is 0 Å². The molecule has 12 nitrogen and oxygen atoms in total. The van der Waals surface area contributed by atoms with Crippen LogP contribution in [-0.4, -0.2) is 71.5 Å². The van der Waals surface area contributed by atoms with Gasteiger partial charge in [0.1, 0.15) is 18.4 Å².